The molecule has 2 aromatic carbocycles. The van der Waals surface area contributed by atoms with E-state index in [1.807, 2.05) is 18.2 Å². The molecule has 0 saturated heterocycles. The Hall–Kier alpha value is -1.56. The second-order valence-corrected chi connectivity index (χ2v) is 3.99. The molecule has 2 N–H and O–H groups in total. The first-order chi connectivity index (χ1) is 7.74. The third-order valence-electron chi connectivity index (χ3n) is 2.89. The van der Waals surface area contributed by atoms with Gasteiger partial charge in [0, 0.05) is 6.04 Å². The van der Waals surface area contributed by atoms with Gasteiger partial charge < -0.3 is 5.73 Å². The van der Waals surface area contributed by atoms with Crippen LogP contribution in [0.15, 0.2) is 36.4 Å². The molecule has 0 heterocycles. The summed E-state index contributed by atoms with van der Waals surface area (Å²) in [5, 5.41) is 11.1. The molecule has 0 saturated carbocycles. The molecule has 2 rings (SSSR count). The average Bonchev–Trinajstić information content (AvgIpc) is 2.30. The quantitative estimate of drug-likeness (QED) is 0.882. The zero-order chi connectivity index (χ0) is 11.5. The lowest BCUT2D eigenvalue weighted by molar-refractivity contribution is 0.755. The van der Waals surface area contributed by atoms with Crippen LogP contribution in [0.25, 0.3) is 10.8 Å². The first kappa shape index (κ1) is 13.5. The van der Waals surface area contributed by atoms with E-state index < -0.39 is 0 Å². The Kier molecular flexibility index (Phi) is 4.51. The number of halogens is 1. The SMILES string of the molecule is Cc1ccc([C@H](N)CC#N)c2ccccc12.Cl. The van der Waals surface area contributed by atoms with E-state index >= 15 is 0 Å². The summed E-state index contributed by atoms with van der Waals surface area (Å²) in [4.78, 5) is 0. The lowest BCUT2D eigenvalue weighted by Gasteiger charge is -2.13. The Morgan fingerprint density at radius 2 is 1.82 bits per heavy atom. The van der Waals surface area contributed by atoms with Crippen molar-refractivity contribution in [3.63, 3.8) is 0 Å². The minimum Gasteiger partial charge on any atom is -0.323 e. The fourth-order valence-electron chi connectivity index (χ4n) is 2.00. The van der Waals surface area contributed by atoms with Crippen molar-refractivity contribution in [1.82, 2.24) is 0 Å². The number of hydrogen-bond acceptors (Lipinski definition) is 2. The van der Waals surface area contributed by atoms with E-state index in [2.05, 4.69) is 31.2 Å². The molecule has 3 heteroatoms. The number of benzene rings is 2. The molecule has 0 aliphatic rings. The maximum atomic E-state index is 8.69. The lowest BCUT2D eigenvalue weighted by Crippen LogP contribution is -2.09. The summed E-state index contributed by atoms with van der Waals surface area (Å²) in [6, 6.07) is 14.2. The highest BCUT2D eigenvalue weighted by molar-refractivity contribution is 5.88. The van der Waals surface area contributed by atoms with Gasteiger partial charge in [0.15, 0.2) is 0 Å². The van der Waals surface area contributed by atoms with Crippen molar-refractivity contribution in [2.45, 2.75) is 19.4 Å². The molecule has 0 amide bonds. The van der Waals surface area contributed by atoms with Gasteiger partial charge in [-0.1, -0.05) is 36.4 Å². The molecule has 1 atom stereocenters. The summed E-state index contributed by atoms with van der Waals surface area (Å²) in [5.41, 5.74) is 8.30. The number of nitrogens with two attached hydrogens (primary N) is 1. The van der Waals surface area contributed by atoms with Gasteiger partial charge in [-0.05, 0) is 28.8 Å². The second kappa shape index (κ2) is 5.67. The Morgan fingerprint density at radius 1 is 1.18 bits per heavy atom. The summed E-state index contributed by atoms with van der Waals surface area (Å²) < 4.78 is 0. The molecule has 0 aromatic heterocycles. The van der Waals surface area contributed by atoms with E-state index in [0.29, 0.717) is 6.42 Å². The van der Waals surface area contributed by atoms with Gasteiger partial charge in [0.1, 0.15) is 0 Å². The predicted octanol–water partition coefficient (Wildman–Crippen LogP) is 3.48. The van der Waals surface area contributed by atoms with Gasteiger partial charge in [0.2, 0.25) is 0 Å². The minimum absolute atomic E-state index is 0. The molecule has 17 heavy (non-hydrogen) atoms. The van der Waals surface area contributed by atoms with Crippen LogP contribution in [-0.2, 0) is 0 Å². The highest BCUT2D eigenvalue weighted by Crippen LogP contribution is 2.26. The average molecular weight is 247 g/mol. The van der Waals surface area contributed by atoms with Crippen LogP contribution in [0.1, 0.15) is 23.6 Å². The zero-order valence-electron chi connectivity index (χ0n) is 9.68. The fourth-order valence-corrected chi connectivity index (χ4v) is 2.00. The van der Waals surface area contributed by atoms with Crippen molar-refractivity contribution in [3.05, 3.63) is 47.5 Å². The molecule has 0 fully saturated rings. The van der Waals surface area contributed by atoms with Crippen molar-refractivity contribution < 1.29 is 0 Å². The Bertz CT molecular complexity index is 558. The third kappa shape index (κ3) is 2.58. The number of nitriles is 1. The van der Waals surface area contributed by atoms with E-state index in [1.54, 1.807) is 0 Å². The van der Waals surface area contributed by atoms with Crippen molar-refractivity contribution in [1.29, 1.82) is 5.26 Å². The van der Waals surface area contributed by atoms with Gasteiger partial charge in [0.05, 0.1) is 12.5 Å². The maximum Gasteiger partial charge on any atom is 0.0641 e. The molecule has 0 unspecified atom stereocenters. The zero-order valence-corrected chi connectivity index (χ0v) is 10.5. The van der Waals surface area contributed by atoms with Crippen molar-refractivity contribution in [3.8, 4) is 6.07 Å². The van der Waals surface area contributed by atoms with Gasteiger partial charge in [-0.3, -0.25) is 0 Å². The largest absolute Gasteiger partial charge is 0.323 e. The molecule has 88 valence electrons. The van der Waals surface area contributed by atoms with E-state index in [1.165, 1.54) is 10.9 Å². The van der Waals surface area contributed by atoms with Gasteiger partial charge in [-0.15, -0.1) is 12.4 Å². The van der Waals surface area contributed by atoms with Crippen LogP contribution in [0.4, 0.5) is 0 Å². The Balaban J connectivity index is 0.00000144. The van der Waals surface area contributed by atoms with E-state index in [-0.39, 0.29) is 18.4 Å². The number of aryl methyl sites for hydroxylation is 1. The van der Waals surface area contributed by atoms with Gasteiger partial charge >= 0.3 is 0 Å². The fraction of sp³-hybridized carbons (Fsp3) is 0.214. The molecule has 2 nitrogen and oxygen atoms in total. The monoisotopic (exact) mass is 246 g/mol. The van der Waals surface area contributed by atoms with Crippen molar-refractivity contribution >= 4 is 23.2 Å². The van der Waals surface area contributed by atoms with E-state index in [9.17, 15) is 0 Å². The topological polar surface area (TPSA) is 49.8 Å². The molecule has 0 radical (unpaired) electrons. The van der Waals surface area contributed by atoms with Crippen LogP contribution in [0, 0.1) is 18.3 Å². The second-order valence-electron chi connectivity index (χ2n) is 3.99. The first-order valence-electron chi connectivity index (χ1n) is 5.35. The summed E-state index contributed by atoms with van der Waals surface area (Å²) >= 11 is 0. The Labute approximate surface area is 107 Å². The van der Waals surface area contributed by atoms with Gasteiger partial charge in [-0.2, -0.15) is 5.26 Å². The Morgan fingerprint density at radius 3 is 2.47 bits per heavy atom. The first-order valence-corrected chi connectivity index (χ1v) is 5.35. The number of nitrogens with zero attached hydrogens (tertiary/aromatic N) is 1. The molecule has 0 aliphatic heterocycles. The molecule has 0 aliphatic carbocycles. The third-order valence-corrected chi connectivity index (χ3v) is 2.89. The normalized spacial score (nSPS) is 11.6. The molecule has 2 aromatic rings. The highest BCUT2D eigenvalue weighted by atomic mass is 35.5. The maximum absolute atomic E-state index is 8.69. The lowest BCUT2D eigenvalue weighted by atomic mass is 9.95. The molecular weight excluding hydrogens is 232 g/mol. The summed E-state index contributed by atoms with van der Waals surface area (Å²) in [7, 11) is 0. The molecule has 0 bridgehead atoms. The van der Waals surface area contributed by atoms with Crippen LogP contribution in [-0.4, -0.2) is 0 Å². The summed E-state index contributed by atoms with van der Waals surface area (Å²) in [5.74, 6) is 0. The van der Waals surface area contributed by atoms with Crippen molar-refractivity contribution in [2.75, 3.05) is 0 Å². The van der Waals surface area contributed by atoms with Crippen LogP contribution in [0.3, 0.4) is 0 Å². The van der Waals surface area contributed by atoms with Crippen LogP contribution in [0.5, 0.6) is 0 Å². The summed E-state index contributed by atoms with van der Waals surface area (Å²) in [6.07, 6.45) is 0.354. The van der Waals surface area contributed by atoms with Gasteiger partial charge in [0.25, 0.3) is 0 Å². The van der Waals surface area contributed by atoms with E-state index in [0.717, 1.165) is 10.9 Å². The number of fused-ring (bicyclic) bond motifs is 1. The minimum atomic E-state index is -0.199. The highest BCUT2D eigenvalue weighted by Gasteiger charge is 2.09. The van der Waals surface area contributed by atoms with E-state index in [4.69, 9.17) is 11.0 Å². The van der Waals surface area contributed by atoms with Gasteiger partial charge in [-0.25, -0.2) is 0 Å². The standard InChI is InChI=1S/C14H14N2.ClH/c1-10-6-7-13(14(16)8-9-15)12-5-3-2-4-11(10)12;/h2-7,14H,8,16H2,1H3;1H/t14-;/m1./s1. The summed E-state index contributed by atoms with van der Waals surface area (Å²) in [6.45, 7) is 2.09. The van der Waals surface area contributed by atoms with Crippen molar-refractivity contribution in [2.24, 2.45) is 5.73 Å². The predicted molar refractivity (Wildman–Crippen MR) is 73.1 cm³/mol. The van der Waals surface area contributed by atoms with Crippen LogP contribution < -0.4 is 5.73 Å². The van der Waals surface area contributed by atoms with Crippen LogP contribution in [0.2, 0.25) is 0 Å². The molecule has 0 spiro atoms. The number of hydrogen-bond donors (Lipinski definition) is 1. The molecular formula is C14H15ClN2. The number of rotatable bonds is 2. The smallest absolute Gasteiger partial charge is 0.0641 e. The van der Waals surface area contributed by atoms with Crippen LogP contribution >= 0.6 is 12.4 Å².